The lowest BCUT2D eigenvalue weighted by Gasteiger charge is -2.25. The van der Waals surface area contributed by atoms with Crippen LogP contribution in [0.1, 0.15) is 51.8 Å². The zero-order valence-corrected chi connectivity index (χ0v) is 20.5. The molecule has 5 rings (SSSR count). The Bertz CT molecular complexity index is 1290. The van der Waals surface area contributed by atoms with Crippen molar-refractivity contribution in [1.82, 2.24) is 9.97 Å². The van der Waals surface area contributed by atoms with Gasteiger partial charge < -0.3 is 14.5 Å². The number of methoxy groups -OCH3 is 1. The second kappa shape index (κ2) is 10.8. The zero-order chi connectivity index (χ0) is 24.0. The Hall–Kier alpha value is -3.51. The van der Waals surface area contributed by atoms with E-state index in [4.69, 9.17) is 9.47 Å². The number of benzene rings is 3. The highest BCUT2D eigenvalue weighted by Crippen LogP contribution is 2.38. The predicted molar refractivity (Wildman–Crippen MR) is 138 cm³/mol. The molecule has 3 aromatic carbocycles. The van der Waals surface area contributed by atoms with Gasteiger partial charge in [0.05, 0.1) is 7.11 Å². The zero-order valence-electron chi connectivity index (χ0n) is 19.7. The summed E-state index contributed by atoms with van der Waals surface area (Å²) in [4.78, 5) is 21.4. The van der Waals surface area contributed by atoms with Gasteiger partial charge in [-0.05, 0) is 54.3 Å². The molecule has 5 nitrogen and oxygen atoms in total. The van der Waals surface area contributed by atoms with Crippen LogP contribution in [0.25, 0.3) is 0 Å². The molecule has 0 aliphatic heterocycles. The summed E-state index contributed by atoms with van der Waals surface area (Å²) in [6.07, 6.45) is 6.38. The van der Waals surface area contributed by atoms with Gasteiger partial charge in [-0.2, -0.15) is 0 Å². The summed E-state index contributed by atoms with van der Waals surface area (Å²) in [7, 11) is 1.68. The number of imidazole rings is 1. The molecule has 0 unspecified atom stereocenters. The third-order valence-corrected chi connectivity index (χ3v) is 7.34. The molecule has 1 atom stereocenters. The number of fused-ring (bicyclic) bond motifs is 1. The first-order chi connectivity index (χ1) is 17.2. The Morgan fingerprint density at radius 3 is 2.74 bits per heavy atom. The Morgan fingerprint density at radius 1 is 1.06 bits per heavy atom. The molecule has 0 bridgehead atoms. The van der Waals surface area contributed by atoms with Crippen LogP contribution in [0.3, 0.4) is 0 Å². The van der Waals surface area contributed by atoms with Crippen LogP contribution in [0.2, 0.25) is 0 Å². The maximum atomic E-state index is 12.7. The summed E-state index contributed by atoms with van der Waals surface area (Å²) in [6.45, 7) is 0. The van der Waals surface area contributed by atoms with Crippen LogP contribution in [0.15, 0.2) is 84.0 Å². The molecular formula is C29H28N2O3S. The van der Waals surface area contributed by atoms with Gasteiger partial charge >= 0.3 is 0 Å². The molecule has 1 N–H and O–H groups in total. The molecule has 4 aromatic rings. The largest absolute Gasteiger partial charge is 0.497 e. The van der Waals surface area contributed by atoms with E-state index in [0.29, 0.717) is 18.6 Å². The first kappa shape index (κ1) is 23.2. The fourth-order valence-corrected chi connectivity index (χ4v) is 5.53. The number of carbonyl (C=O) groups is 1. The Morgan fingerprint density at radius 2 is 1.94 bits per heavy atom. The SMILES string of the molecule is COc1cccc(SCc2c(O[C@@H](Cc3ncc[nH]3)c3ccccc3)ccc3c2CCCC3=O)c1. The van der Waals surface area contributed by atoms with Gasteiger partial charge in [-0.3, -0.25) is 4.79 Å². The normalized spacial score (nSPS) is 13.8. The van der Waals surface area contributed by atoms with Crippen LogP contribution in [0, 0.1) is 0 Å². The van der Waals surface area contributed by atoms with E-state index in [-0.39, 0.29) is 11.9 Å². The fourth-order valence-electron chi connectivity index (χ4n) is 4.53. The summed E-state index contributed by atoms with van der Waals surface area (Å²) in [5.74, 6) is 3.47. The standard InChI is InChI=1S/C29H28N2O3S/c1-33-21-9-5-10-22(17-21)35-19-25-23-11-6-12-26(32)24(23)13-14-27(25)34-28(18-29-30-15-16-31-29)20-7-3-2-4-8-20/h2-5,7-10,13-17,28H,6,11-12,18-19H2,1H3,(H,30,31)/t28-/m0/s1. The number of nitrogens with one attached hydrogen (secondary N) is 1. The van der Waals surface area contributed by atoms with Crippen molar-refractivity contribution in [1.29, 1.82) is 0 Å². The molecule has 6 heteroatoms. The molecule has 1 aromatic heterocycles. The van der Waals surface area contributed by atoms with Crippen molar-refractivity contribution in [3.63, 3.8) is 0 Å². The van der Waals surface area contributed by atoms with Crippen LogP contribution in [-0.4, -0.2) is 22.9 Å². The molecule has 178 valence electrons. The van der Waals surface area contributed by atoms with E-state index in [1.165, 1.54) is 0 Å². The Labute approximate surface area is 209 Å². The molecule has 0 saturated carbocycles. The second-order valence-corrected chi connectivity index (χ2v) is 9.62. The summed E-state index contributed by atoms with van der Waals surface area (Å²) in [6, 6.07) is 22.2. The smallest absolute Gasteiger partial charge is 0.163 e. The highest BCUT2D eigenvalue weighted by atomic mass is 32.2. The molecule has 1 heterocycles. The molecule has 35 heavy (non-hydrogen) atoms. The number of hydrogen-bond donors (Lipinski definition) is 1. The molecular weight excluding hydrogens is 456 g/mol. The quantitative estimate of drug-likeness (QED) is 0.271. The number of Topliss-reactive ketones (excluding diaryl/α,β-unsaturated/α-hetero) is 1. The lowest BCUT2D eigenvalue weighted by atomic mass is 9.87. The first-order valence-electron chi connectivity index (χ1n) is 11.9. The number of ether oxygens (including phenoxy) is 2. The lowest BCUT2D eigenvalue weighted by Crippen LogP contribution is -2.16. The molecule has 0 fully saturated rings. The van der Waals surface area contributed by atoms with Gasteiger partial charge in [-0.15, -0.1) is 11.8 Å². The van der Waals surface area contributed by atoms with Gasteiger partial charge in [0.2, 0.25) is 0 Å². The minimum Gasteiger partial charge on any atom is -0.497 e. The number of H-pyrrole nitrogens is 1. The van der Waals surface area contributed by atoms with E-state index in [1.54, 1.807) is 25.1 Å². The third kappa shape index (κ3) is 5.43. The van der Waals surface area contributed by atoms with E-state index in [9.17, 15) is 4.79 Å². The summed E-state index contributed by atoms with van der Waals surface area (Å²) < 4.78 is 12.1. The van der Waals surface area contributed by atoms with Crippen LogP contribution in [-0.2, 0) is 18.6 Å². The van der Waals surface area contributed by atoms with Gasteiger partial charge in [0.25, 0.3) is 0 Å². The van der Waals surface area contributed by atoms with Gasteiger partial charge in [0, 0.05) is 47.0 Å². The van der Waals surface area contributed by atoms with Crippen molar-refractivity contribution in [3.8, 4) is 11.5 Å². The summed E-state index contributed by atoms with van der Waals surface area (Å²) in [5.41, 5.74) is 4.15. The van der Waals surface area contributed by atoms with Crippen LogP contribution >= 0.6 is 11.8 Å². The van der Waals surface area contributed by atoms with Gasteiger partial charge in [0.15, 0.2) is 5.78 Å². The van der Waals surface area contributed by atoms with Crippen LogP contribution in [0.5, 0.6) is 11.5 Å². The van der Waals surface area contributed by atoms with Gasteiger partial charge in [0.1, 0.15) is 23.4 Å². The number of carbonyl (C=O) groups excluding carboxylic acids is 1. The first-order valence-corrected chi connectivity index (χ1v) is 12.8. The van der Waals surface area contributed by atoms with Crippen LogP contribution < -0.4 is 9.47 Å². The van der Waals surface area contributed by atoms with Crippen molar-refractivity contribution in [3.05, 3.63) is 107 Å². The Kier molecular flexibility index (Phi) is 7.19. The topological polar surface area (TPSA) is 64.2 Å². The van der Waals surface area contributed by atoms with E-state index < -0.39 is 0 Å². The van der Waals surface area contributed by atoms with E-state index in [0.717, 1.165) is 57.3 Å². The average Bonchev–Trinajstić information content (AvgIpc) is 3.41. The molecule has 0 saturated heterocycles. The third-order valence-electron chi connectivity index (χ3n) is 6.32. The Balaban J connectivity index is 1.49. The number of thioether (sulfide) groups is 1. The number of ketones is 1. The maximum Gasteiger partial charge on any atom is 0.163 e. The number of nitrogens with zero attached hydrogens (tertiary/aromatic N) is 1. The highest BCUT2D eigenvalue weighted by Gasteiger charge is 2.25. The number of hydrogen-bond acceptors (Lipinski definition) is 5. The van der Waals surface area contributed by atoms with Gasteiger partial charge in [-0.1, -0.05) is 36.4 Å². The maximum absolute atomic E-state index is 12.7. The number of rotatable bonds is 9. The second-order valence-electron chi connectivity index (χ2n) is 8.57. The molecule has 0 amide bonds. The number of aromatic nitrogens is 2. The van der Waals surface area contributed by atoms with Crippen molar-refractivity contribution in [2.24, 2.45) is 0 Å². The number of aromatic amines is 1. The highest BCUT2D eigenvalue weighted by molar-refractivity contribution is 7.98. The van der Waals surface area contributed by atoms with Crippen LogP contribution in [0.4, 0.5) is 0 Å². The lowest BCUT2D eigenvalue weighted by molar-refractivity contribution is 0.0972. The van der Waals surface area contributed by atoms with E-state index >= 15 is 0 Å². The van der Waals surface area contributed by atoms with Gasteiger partial charge in [-0.25, -0.2) is 4.98 Å². The molecule has 0 radical (unpaired) electrons. The molecule has 1 aliphatic rings. The summed E-state index contributed by atoms with van der Waals surface area (Å²) in [5, 5.41) is 0. The molecule has 1 aliphatic carbocycles. The molecule has 0 spiro atoms. The monoisotopic (exact) mass is 484 g/mol. The minimum atomic E-state index is -0.208. The van der Waals surface area contributed by atoms with E-state index in [2.05, 4.69) is 28.2 Å². The average molecular weight is 485 g/mol. The predicted octanol–water partition coefficient (Wildman–Crippen LogP) is 6.59. The minimum absolute atomic E-state index is 0.208. The fraction of sp³-hybridized carbons (Fsp3) is 0.241. The van der Waals surface area contributed by atoms with Crippen molar-refractivity contribution < 1.29 is 14.3 Å². The van der Waals surface area contributed by atoms with Crippen molar-refractivity contribution in [2.45, 2.75) is 42.4 Å². The van der Waals surface area contributed by atoms with Crippen molar-refractivity contribution in [2.75, 3.05) is 7.11 Å². The van der Waals surface area contributed by atoms with E-state index in [1.807, 2.05) is 54.7 Å². The summed E-state index contributed by atoms with van der Waals surface area (Å²) >= 11 is 1.73. The van der Waals surface area contributed by atoms with Crippen molar-refractivity contribution >= 4 is 17.5 Å².